The Morgan fingerprint density at radius 1 is 1.50 bits per heavy atom. The first-order valence-electron chi connectivity index (χ1n) is 3.39. The number of rotatable bonds is 2. The predicted molar refractivity (Wildman–Crippen MR) is 45.2 cm³/mol. The van der Waals surface area contributed by atoms with Crippen molar-refractivity contribution in [3.8, 4) is 0 Å². The Morgan fingerprint density at radius 3 is 2.67 bits per heavy atom. The molecule has 0 unspecified atom stereocenters. The molecule has 0 aliphatic rings. The van der Waals surface area contributed by atoms with Gasteiger partial charge in [0.15, 0.2) is 0 Å². The van der Waals surface area contributed by atoms with Gasteiger partial charge in [-0.3, -0.25) is 4.79 Å². The Hall–Kier alpha value is -1.71. The van der Waals surface area contributed by atoms with Crippen molar-refractivity contribution in [2.75, 3.05) is 0 Å². The lowest BCUT2D eigenvalue weighted by Crippen LogP contribution is -2.11. The molecule has 0 bridgehead atoms. The van der Waals surface area contributed by atoms with Crippen LogP contribution < -0.4 is 5.73 Å². The summed E-state index contributed by atoms with van der Waals surface area (Å²) in [6, 6.07) is 4.71. The van der Waals surface area contributed by atoms with Gasteiger partial charge in [0.05, 0.1) is 5.56 Å². The van der Waals surface area contributed by atoms with Crippen LogP contribution in [0.25, 0.3) is 0 Å². The molecular formula is C8H8N2O2. The van der Waals surface area contributed by atoms with Crippen LogP contribution in [0.15, 0.2) is 23.4 Å². The third kappa shape index (κ3) is 1.47. The molecule has 0 aliphatic heterocycles. The first-order valence-corrected chi connectivity index (χ1v) is 3.39. The highest BCUT2D eigenvalue weighted by Crippen LogP contribution is 2.19. The van der Waals surface area contributed by atoms with Gasteiger partial charge in [0.25, 0.3) is 5.91 Å². The Labute approximate surface area is 69.4 Å². The Kier molecular flexibility index (Phi) is 2.19. The fourth-order valence-electron chi connectivity index (χ4n) is 0.927. The van der Waals surface area contributed by atoms with Crippen LogP contribution in [0.2, 0.25) is 0 Å². The molecule has 12 heavy (non-hydrogen) atoms. The fourth-order valence-corrected chi connectivity index (χ4v) is 0.927. The van der Waals surface area contributed by atoms with Crippen LogP contribution in [0.5, 0.6) is 0 Å². The minimum atomic E-state index is -0.631. The van der Waals surface area contributed by atoms with Gasteiger partial charge in [-0.15, -0.1) is 4.91 Å². The molecular weight excluding hydrogens is 156 g/mol. The third-order valence-electron chi connectivity index (χ3n) is 1.52. The van der Waals surface area contributed by atoms with Crippen molar-refractivity contribution in [1.29, 1.82) is 0 Å². The van der Waals surface area contributed by atoms with Gasteiger partial charge in [-0.1, -0.05) is 11.6 Å². The van der Waals surface area contributed by atoms with Gasteiger partial charge in [-0.2, -0.15) is 0 Å². The van der Waals surface area contributed by atoms with Crippen molar-refractivity contribution >= 4 is 11.6 Å². The number of carbonyl (C=O) groups excluding carboxylic acids is 1. The summed E-state index contributed by atoms with van der Waals surface area (Å²) in [4.78, 5) is 20.9. The van der Waals surface area contributed by atoms with Gasteiger partial charge in [0.1, 0.15) is 5.69 Å². The first-order chi connectivity index (χ1) is 5.65. The first kappa shape index (κ1) is 8.39. The number of carbonyl (C=O) groups is 1. The van der Waals surface area contributed by atoms with Crippen molar-refractivity contribution < 1.29 is 4.79 Å². The molecule has 1 aromatic rings. The number of nitrogens with two attached hydrogens (primary N) is 1. The lowest BCUT2D eigenvalue weighted by Gasteiger charge is -1.99. The standard InChI is InChI=1S/C8H8N2O2/c1-5-2-3-7(10-12)6(4-5)8(9)11/h2-4H,1H3,(H2,9,11). The van der Waals surface area contributed by atoms with E-state index in [0.717, 1.165) is 5.56 Å². The van der Waals surface area contributed by atoms with Gasteiger partial charge in [-0.25, -0.2) is 0 Å². The van der Waals surface area contributed by atoms with Crippen LogP contribution in [-0.2, 0) is 0 Å². The van der Waals surface area contributed by atoms with Crippen LogP contribution in [0.1, 0.15) is 15.9 Å². The number of nitroso groups, excluding NO2 is 1. The monoisotopic (exact) mass is 164 g/mol. The van der Waals surface area contributed by atoms with Crippen LogP contribution in [0, 0.1) is 11.8 Å². The van der Waals surface area contributed by atoms with Gasteiger partial charge in [-0.05, 0) is 24.2 Å². The molecule has 4 heteroatoms. The largest absolute Gasteiger partial charge is 0.366 e. The van der Waals surface area contributed by atoms with E-state index in [1.165, 1.54) is 6.07 Å². The number of benzene rings is 1. The zero-order chi connectivity index (χ0) is 9.14. The van der Waals surface area contributed by atoms with Crippen molar-refractivity contribution in [1.82, 2.24) is 0 Å². The van der Waals surface area contributed by atoms with Crippen LogP contribution in [-0.4, -0.2) is 5.91 Å². The second-order valence-electron chi connectivity index (χ2n) is 2.48. The topological polar surface area (TPSA) is 72.5 Å². The smallest absolute Gasteiger partial charge is 0.251 e. The Balaban J connectivity index is 3.30. The number of primary amides is 1. The average Bonchev–Trinajstić information content (AvgIpc) is 2.04. The molecule has 0 saturated heterocycles. The van der Waals surface area contributed by atoms with Gasteiger partial charge < -0.3 is 5.73 Å². The van der Waals surface area contributed by atoms with Crippen LogP contribution in [0.4, 0.5) is 5.69 Å². The summed E-state index contributed by atoms with van der Waals surface area (Å²) in [5, 5.41) is 2.68. The molecule has 1 rings (SSSR count). The quantitative estimate of drug-likeness (QED) is 0.672. The molecule has 62 valence electrons. The van der Waals surface area contributed by atoms with Crippen molar-refractivity contribution in [3.05, 3.63) is 34.2 Å². The molecule has 0 aromatic heterocycles. The van der Waals surface area contributed by atoms with Gasteiger partial charge in [0, 0.05) is 0 Å². The number of amides is 1. The van der Waals surface area contributed by atoms with E-state index in [0.29, 0.717) is 0 Å². The number of hydrogen-bond donors (Lipinski definition) is 1. The summed E-state index contributed by atoms with van der Waals surface area (Å²) in [6.07, 6.45) is 0. The summed E-state index contributed by atoms with van der Waals surface area (Å²) < 4.78 is 0. The van der Waals surface area contributed by atoms with E-state index in [2.05, 4.69) is 5.18 Å². The lowest BCUT2D eigenvalue weighted by atomic mass is 10.1. The molecule has 1 amide bonds. The molecule has 2 N–H and O–H groups in total. The minimum absolute atomic E-state index is 0.0908. The highest BCUT2D eigenvalue weighted by Gasteiger charge is 2.07. The molecule has 0 saturated carbocycles. The normalized spacial score (nSPS) is 9.42. The molecule has 1 aromatic carbocycles. The zero-order valence-corrected chi connectivity index (χ0v) is 6.57. The van der Waals surface area contributed by atoms with Crippen molar-refractivity contribution in [3.63, 3.8) is 0 Å². The predicted octanol–water partition coefficient (Wildman–Crippen LogP) is 1.49. The number of hydrogen-bond acceptors (Lipinski definition) is 3. The molecule has 0 radical (unpaired) electrons. The van der Waals surface area contributed by atoms with Crippen LogP contribution in [0.3, 0.4) is 0 Å². The summed E-state index contributed by atoms with van der Waals surface area (Å²) in [6.45, 7) is 1.81. The van der Waals surface area contributed by atoms with E-state index in [9.17, 15) is 9.70 Å². The Bertz CT molecular complexity index is 334. The Morgan fingerprint density at radius 2 is 2.17 bits per heavy atom. The van der Waals surface area contributed by atoms with E-state index in [-0.39, 0.29) is 11.3 Å². The van der Waals surface area contributed by atoms with E-state index in [4.69, 9.17) is 5.73 Å². The van der Waals surface area contributed by atoms with E-state index in [1.807, 2.05) is 0 Å². The highest BCUT2D eigenvalue weighted by molar-refractivity contribution is 5.97. The second-order valence-corrected chi connectivity index (χ2v) is 2.48. The molecule has 0 atom stereocenters. The van der Waals surface area contributed by atoms with Crippen molar-refractivity contribution in [2.24, 2.45) is 10.9 Å². The van der Waals surface area contributed by atoms with E-state index in [1.54, 1.807) is 19.1 Å². The van der Waals surface area contributed by atoms with Gasteiger partial charge in [0.2, 0.25) is 0 Å². The van der Waals surface area contributed by atoms with Crippen LogP contribution >= 0.6 is 0 Å². The fraction of sp³-hybridized carbons (Fsp3) is 0.125. The maximum atomic E-state index is 10.8. The maximum Gasteiger partial charge on any atom is 0.251 e. The highest BCUT2D eigenvalue weighted by atomic mass is 16.3. The maximum absolute atomic E-state index is 10.8. The summed E-state index contributed by atoms with van der Waals surface area (Å²) in [5.41, 5.74) is 6.15. The number of nitrogens with zero attached hydrogens (tertiary/aromatic N) is 1. The summed E-state index contributed by atoms with van der Waals surface area (Å²) >= 11 is 0. The molecule has 0 spiro atoms. The average molecular weight is 164 g/mol. The molecule has 0 heterocycles. The lowest BCUT2D eigenvalue weighted by molar-refractivity contribution is 0.100. The second kappa shape index (κ2) is 3.13. The molecule has 4 nitrogen and oxygen atoms in total. The third-order valence-corrected chi connectivity index (χ3v) is 1.52. The van der Waals surface area contributed by atoms with E-state index >= 15 is 0 Å². The number of aryl methyl sites for hydroxylation is 1. The molecule has 0 fully saturated rings. The minimum Gasteiger partial charge on any atom is -0.366 e. The van der Waals surface area contributed by atoms with E-state index < -0.39 is 5.91 Å². The van der Waals surface area contributed by atoms with Crippen molar-refractivity contribution in [2.45, 2.75) is 6.92 Å². The summed E-state index contributed by atoms with van der Waals surface area (Å²) in [7, 11) is 0. The molecule has 0 aliphatic carbocycles. The van der Waals surface area contributed by atoms with Gasteiger partial charge >= 0.3 is 0 Å². The summed E-state index contributed by atoms with van der Waals surface area (Å²) in [5.74, 6) is -0.631. The SMILES string of the molecule is Cc1ccc(N=O)c(C(N)=O)c1. The zero-order valence-electron chi connectivity index (χ0n) is 6.57.